The number of benzene rings is 1. The van der Waals surface area contributed by atoms with E-state index >= 15 is 0 Å². The van der Waals surface area contributed by atoms with Crippen LogP contribution >= 0.6 is 11.3 Å². The largest absolute Gasteiger partial charge is 0.478 e. The van der Waals surface area contributed by atoms with Crippen LogP contribution in [-0.4, -0.2) is 22.1 Å². The van der Waals surface area contributed by atoms with Crippen molar-refractivity contribution in [3.8, 4) is 0 Å². The van der Waals surface area contributed by atoms with Crippen molar-refractivity contribution in [2.75, 3.05) is 0 Å². The number of nitrogens with one attached hydrogen (secondary N) is 2. The Morgan fingerprint density at radius 2 is 1.97 bits per heavy atom. The number of urea groups is 1. The first-order valence-corrected chi connectivity index (χ1v) is 12.0. The molecule has 7 heteroatoms. The van der Waals surface area contributed by atoms with Crippen LogP contribution in [0, 0.1) is 0 Å². The van der Waals surface area contributed by atoms with Crippen molar-refractivity contribution >= 4 is 28.9 Å². The summed E-state index contributed by atoms with van der Waals surface area (Å²) in [5, 5.41) is 18.3. The van der Waals surface area contributed by atoms with Gasteiger partial charge in [0.15, 0.2) is 0 Å². The third-order valence-electron chi connectivity index (χ3n) is 5.75. The van der Waals surface area contributed by atoms with Gasteiger partial charge in [0.1, 0.15) is 5.01 Å². The van der Waals surface area contributed by atoms with Gasteiger partial charge >= 0.3 is 12.0 Å². The fourth-order valence-corrected chi connectivity index (χ4v) is 5.25. The van der Waals surface area contributed by atoms with Crippen molar-refractivity contribution in [1.82, 2.24) is 15.6 Å². The fourth-order valence-electron chi connectivity index (χ4n) is 4.25. The number of carbonyl (C=O) groups is 2. The number of rotatable bonds is 5. The van der Waals surface area contributed by atoms with E-state index in [0.717, 1.165) is 27.5 Å². The van der Waals surface area contributed by atoms with E-state index in [-0.39, 0.29) is 11.6 Å². The van der Waals surface area contributed by atoms with Gasteiger partial charge in [0.25, 0.3) is 0 Å². The van der Waals surface area contributed by atoms with Gasteiger partial charge < -0.3 is 15.7 Å². The van der Waals surface area contributed by atoms with Crippen LogP contribution < -0.4 is 10.6 Å². The first-order valence-electron chi connectivity index (χ1n) is 11.2. The zero-order chi connectivity index (χ0) is 22.4. The maximum Gasteiger partial charge on any atom is 0.335 e. The monoisotopic (exact) mass is 441 g/mol. The summed E-state index contributed by atoms with van der Waals surface area (Å²) in [6.07, 6.45) is 6.84. The number of allylic oxidation sites excluding steroid dienone is 1. The second kappa shape index (κ2) is 10.6. The molecule has 4 rings (SSSR count). The van der Waals surface area contributed by atoms with Crippen LogP contribution in [0.5, 0.6) is 0 Å². The second-order valence-corrected chi connectivity index (χ2v) is 8.48. The second-order valence-electron chi connectivity index (χ2n) is 7.62. The molecular formula is C24H31N3O3S. The first-order chi connectivity index (χ1) is 15.1. The van der Waals surface area contributed by atoms with Gasteiger partial charge in [-0.1, -0.05) is 52.2 Å². The summed E-state index contributed by atoms with van der Waals surface area (Å²) in [4.78, 5) is 28.7. The molecule has 0 spiro atoms. The molecule has 2 amide bonds. The maximum absolute atomic E-state index is 12.3. The predicted molar refractivity (Wildman–Crippen MR) is 124 cm³/mol. The highest BCUT2D eigenvalue weighted by Crippen LogP contribution is 2.39. The van der Waals surface area contributed by atoms with Crippen molar-refractivity contribution < 1.29 is 14.7 Å². The minimum Gasteiger partial charge on any atom is -0.478 e. The maximum atomic E-state index is 12.3. The molecule has 0 bridgehead atoms. The molecule has 2 aromatic rings. The first kappa shape index (κ1) is 23.0. The number of hydrogen-bond acceptors (Lipinski definition) is 4. The number of carboxylic acid groups (broad SMARTS) is 1. The Morgan fingerprint density at radius 1 is 1.23 bits per heavy atom. The summed E-state index contributed by atoms with van der Waals surface area (Å²) in [6.45, 7) is 6.00. The Hall–Kier alpha value is -2.67. The van der Waals surface area contributed by atoms with Crippen LogP contribution in [0.1, 0.15) is 97.9 Å². The van der Waals surface area contributed by atoms with Gasteiger partial charge in [0.2, 0.25) is 0 Å². The Bertz CT molecular complexity index is 960. The third-order valence-corrected chi connectivity index (χ3v) is 6.64. The van der Waals surface area contributed by atoms with Gasteiger partial charge in [0, 0.05) is 22.6 Å². The van der Waals surface area contributed by atoms with Crippen LogP contribution in [0.4, 0.5) is 4.79 Å². The van der Waals surface area contributed by atoms with Crippen molar-refractivity contribution in [2.45, 2.75) is 71.3 Å². The SMILES string of the molecule is CC.CCC1=C(c2nc(C3CCCCC3)cs2)C(c2cccc(C(=O)O)c2)NC(=O)N1. The summed E-state index contributed by atoms with van der Waals surface area (Å²) in [7, 11) is 0. The number of aromatic nitrogens is 1. The molecule has 1 fully saturated rings. The van der Waals surface area contributed by atoms with Gasteiger partial charge in [-0.2, -0.15) is 0 Å². The minimum atomic E-state index is -0.984. The highest BCUT2D eigenvalue weighted by molar-refractivity contribution is 7.10. The predicted octanol–water partition coefficient (Wildman–Crippen LogP) is 6.09. The summed E-state index contributed by atoms with van der Waals surface area (Å²) < 4.78 is 0. The minimum absolute atomic E-state index is 0.203. The molecule has 1 unspecified atom stereocenters. The molecule has 2 heterocycles. The van der Waals surface area contributed by atoms with Crippen molar-refractivity contribution in [3.63, 3.8) is 0 Å². The van der Waals surface area contributed by atoms with E-state index in [1.54, 1.807) is 29.5 Å². The van der Waals surface area contributed by atoms with E-state index in [9.17, 15) is 14.7 Å². The normalized spacial score (nSPS) is 19.2. The molecule has 6 nitrogen and oxygen atoms in total. The number of thiazole rings is 1. The Kier molecular flexibility index (Phi) is 7.85. The lowest BCUT2D eigenvalue weighted by Crippen LogP contribution is -2.43. The van der Waals surface area contributed by atoms with Gasteiger partial charge in [-0.25, -0.2) is 14.6 Å². The average molecular weight is 442 g/mol. The summed E-state index contributed by atoms with van der Waals surface area (Å²) >= 11 is 1.60. The third kappa shape index (κ3) is 5.15. The molecule has 1 aromatic carbocycles. The summed E-state index contributed by atoms with van der Waals surface area (Å²) in [5.41, 5.74) is 3.86. The van der Waals surface area contributed by atoms with E-state index in [1.807, 2.05) is 26.8 Å². The van der Waals surface area contributed by atoms with Gasteiger partial charge in [-0.15, -0.1) is 11.3 Å². The molecule has 166 valence electrons. The summed E-state index contributed by atoms with van der Waals surface area (Å²) in [5.74, 6) is -0.471. The molecule has 1 aromatic heterocycles. The van der Waals surface area contributed by atoms with Crippen LogP contribution in [-0.2, 0) is 0 Å². The number of aromatic carboxylic acids is 1. The summed E-state index contributed by atoms with van der Waals surface area (Å²) in [6, 6.07) is 6.05. The molecule has 1 aliphatic carbocycles. The Balaban J connectivity index is 0.00000132. The quantitative estimate of drug-likeness (QED) is 0.523. The number of carboxylic acids is 1. The zero-order valence-electron chi connectivity index (χ0n) is 18.4. The lowest BCUT2D eigenvalue weighted by atomic mass is 9.87. The molecule has 0 saturated heterocycles. The van der Waals surface area contributed by atoms with Crippen LogP contribution in [0.3, 0.4) is 0 Å². The van der Waals surface area contributed by atoms with E-state index < -0.39 is 12.0 Å². The van der Waals surface area contributed by atoms with Crippen molar-refractivity contribution in [1.29, 1.82) is 0 Å². The number of nitrogens with zero attached hydrogens (tertiary/aromatic N) is 1. The molecular weight excluding hydrogens is 410 g/mol. The molecule has 31 heavy (non-hydrogen) atoms. The average Bonchev–Trinajstić information content (AvgIpc) is 3.30. The van der Waals surface area contributed by atoms with Crippen LogP contribution in [0.15, 0.2) is 35.3 Å². The topological polar surface area (TPSA) is 91.3 Å². The molecule has 3 N–H and O–H groups in total. The van der Waals surface area contributed by atoms with Crippen LogP contribution in [0.2, 0.25) is 0 Å². The highest BCUT2D eigenvalue weighted by atomic mass is 32.1. The van der Waals surface area contributed by atoms with Gasteiger partial charge in [0.05, 0.1) is 17.3 Å². The lowest BCUT2D eigenvalue weighted by Gasteiger charge is -2.29. The Labute approximate surface area is 187 Å². The van der Waals surface area contributed by atoms with E-state index in [2.05, 4.69) is 16.0 Å². The fraction of sp³-hybridized carbons (Fsp3) is 0.458. The molecule has 1 atom stereocenters. The Morgan fingerprint density at radius 3 is 2.65 bits per heavy atom. The van der Waals surface area contributed by atoms with Gasteiger partial charge in [-0.3, -0.25) is 0 Å². The smallest absolute Gasteiger partial charge is 0.335 e. The molecule has 0 radical (unpaired) electrons. The number of hydrogen-bond donors (Lipinski definition) is 3. The van der Waals surface area contributed by atoms with E-state index in [4.69, 9.17) is 4.98 Å². The molecule has 2 aliphatic rings. The van der Waals surface area contributed by atoms with Crippen molar-refractivity contribution in [2.24, 2.45) is 0 Å². The van der Waals surface area contributed by atoms with Crippen LogP contribution in [0.25, 0.3) is 5.57 Å². The van der Waals surface area contributed by atoms with E-state index in [1.165, 1.54) is 32.1 Å². The van der Waals surface area contributed by atoms with Gasteiger partial charge in [-0.05, 0) is 37.0 Å². The van der Waals surface area contributed by atoms with Crippen molar-refractivity contribution in [3.05, 3.63) is 57.2 Å². The molecule has 1 saturated carbocycles. The molecule has 1 aliphatic heterocycles. The number of amides is 2. The number of carbonyl (C=O) groups excluding carboxylic acids is 1. The lowest BCUT2D eigenvalue weighted by molar-refractivity contribution is 0.0696. The zero-order valence-corrected chi connectivity index (χ0v) is 19.2. The van der Waals surface area contributed by atoms with E-state index in [0.29, 0.717) is 12.3 Å². The highest BCUT2D eigenvalue weighted by Gasteiger charge is 2.31. The standard InChI is InChI=1S/C22H25N3O3S.C2H6/c1-2-16-18(20-23-17(12-29-20)13-7-4-3-5-8-13)19(25-22(28)24-16)14-9-6-10-15(11-14)21(26)27;1-2/h6,9-13,19H,2-5,7-8H2,1H3,(H,26,27)(H2,24,25,28);1-2H3.